The van der Waals surface area contributed by atoms with Gasteiger partial charge in [-0.2, -0.15) is 0 Å². The van der Waals surface area contributed by atoms with E-state index < -0.39 is 5.60 Å². The minimum Gasteiger partial charge on any atom is -0.497 e. The van der Waals surface area contributed by atoms with Gasteiger partial charge in [-0.1, -0.05) is 19.9 Å². The topological polar surface area (TPSA) is 49.7 Å². The van der Waals surface area contributed by atoms with Crippen LogP contribution in [-0.4, -0.2) is 29.5 Å². The van der Waals surface area contributed by atoms with Gasteiger partial charge in [-0.25, -0.2) is 0 Å². The highest BCUT2D eigenvalue weighted by atomic mass is 16.5. The Bertz CT molecular complexity index is 642. The summed E-state index contributed by atoms with van der Waals surface area (Å²) in [7, 11) is 1.73. The van der Waals surface area contributed by atoms with E-state index in [2.05, 4.69) is 32.0 Å². The molecule has 0 aliphatic heterocycles. The van der Waals surface area contributed by atoms with Crippen LogP contribution in [0.3, 0.4) is 0 Å². The van der Waals surface area contributed by atoms with E-state index in [0.717, 1.165) is 37.9 Å². The number of fused-ring (bicyclic) bond motifs is 5. The van der Waals surface area contributed by atoms with Crippen LogP contribution in [0.5, 0.6) is 5.75 Å². The van der Waals surface area contributed by atoms with Crippen molar-refractivity contribution in [2.24, 2.45) is 23.2 Å². The summed E-state index contributed by atoms with van der Waals surface area (Å²) in [5, 5.41) is 20.9. The van der Waals surface area contributed by atoms with Crippen molar-refractivity contribution in [1.29, 1.82) is 0 Å². The van der Waals surface area contributed by atoms with Crippen molar-refractivity contribution in [3.63, 3.8) is 0 Å². The second-order valence-corrected chi connectivity index (χ2v) is 8.72. The van der Waals surface area contributed by atoms with Crippen LogP contribution in [-0.2, 0) is 6.42 Å². The quantitative estimate of drug-likeness (QED) is 0.872. The van der Waals surface area contributed by atoms with Crippen molar-refractivity contribution >= 4 is 0 Å². The third-order valence-electron chi connectivity index (χ3n) is 7.86. The van der Waals surface area contributed by atoms with Crippen molar-refractivity contribution < 1.29 is 14.9 Å². The number of aliphatic hydroxyl groups is 2. The lowest BCUT2D eigenvalue weighted by atomic mass is 9.51. The highest BCUT2D eigenvalue weighted by molar-refractivity contribution is 5.41. The molecule has 0 bridgehead atoms. The van der Waals surface area contributed by atoms with E-state index in [9.17, 15) is 10.2 Å². The third-order valence-corrected chi connectivity index (χ3v) is 7.86. The highest BCUT2D eigenvalue weighted by Crippen LogP contribution is 2.65. The number of benzene rings is 1. The molecule has 0 heterocycles. The molecule has 2 saturated carbocycles. The van der Waals surface area contributed by atoms with Gasteiger partial charge in [0.1, 0.15) is 5.75 Å². The Morgan fingerprint density at radius 3 is 2.75 bits per heavy atom. The molecule has 0 amide bonds. The number of aliphatic hydroxyl groups excluding tert-OH is 1. The Labute approximate surface area is 145 Å². The first kappa shape index (κ1) is 16.4. The van der Waals surface area contributed by atoms with Crippen LogP contribution in [0.1, 0.15) is 56.6 Å². The largest absolute Gasteiger partial charge is 0.497 e. The van der Waals surface area contributed by atoms with Crippen LogP contribution in [0.25, 0.3) is 0 Å². The van der Waals surface area contributed by atoms with Gasteiger partial charge in [0.2, 0.25) is 0 Å². The molecular formula is C21H30O3. The van der Waals surface area contributed by atoms with Crippen LogP contribution in [0.2, 0.25) is 0 Å². The molecule has 132 valence electrons. The van der Waals surface area contributed by atoms with Gasteiger partial charge >= 0.3 is 0 Å². The first-order valence-electron chi connectivity index (χ1n) is 9.43. The summed E-state index contributed by atoms with van der Waals surface area (Å²) >= 11 is 0. The van der Waals surface area contributed by atoms with E-state index in [-0.39, 0.29) is 12.0 Å². The maximum atomic E-state index is 11.0. The van der Waals surface area contributed by atoms with Crippen LogP contribution in [0.15, 0.2) is 18.2 Å². The summed E-state index contributed by atoms with van der Waals surface area (Å²) in [4.78, 5) is 0. The fourth-order valence-electron chi connectivity index (χ4n) is 6.45. The summed E-state index contributed by atoms with van der Waals surface area (Å²) in [5.41, 5.74) is 1.92. The second kappa shape index (κ2) is 5.47. The summed E-state index contributed by atoms with van der Waals surface area (Å²) in [6.07, 6.45) is 5.01. The number of hydrogen-bond acceptors (Lipinski definition) is 3. The molecule has 1 aromatic carbocycles. The molecule has 1 aromatic rings. The SMILES string of the molecule is COc1ccc2c(c1)C[C@@H](C)[C@@H]1[C@@H]2CC[C@@]2(C)[C@@H]1CC[C@]2(O)CO. The van der Waals surface area contributed by atoms with Gasteiger partial charge in [-0.05, 0) is 79.0 Å². The molecule has 3 nitrogen and oxygen atoms in total. The predicted octanol–water partition coefficient (Wildman–Crippen LogP) is 3.52. The molecule has 3 aliphatic rings. The van der Waals surface area contributed by atoms with Crippen molar-refractivity contribution in [3.8, 4) is 5.75 Å². The van der Waals surface area contributed by atoms with Crippen LogP contribution >= 0.6 is 0 Å². The fraction of sp³-hybridized carbons (Fsp3) is 0.714. The molecule has 2 N–H and O–H groups in total. The van der Waals surface area contributed by atoms with E-state index >= 15 is 0 Å². The summed E-state index contributed by atoms with van der Waals surface area (Å²) in [5.74, 6) is 3.29. The average molecular weight is 330 g/mol. The number of ether oxygens (including phenoxy) is 1. The zero-order valence-electron chi connectivity index (χ0n) is 15.1. The van der Waals surface area contributed by atoms with Gasteiger partial charge < -0.3 is 14.9 Å². The molecule has 24 heavy (non-hydrogen) atoms. The normalized spacial score (nSPS) is 43.7. The van der Waals surface area contributed by atoms with Crippen molar-refractivity contribution in [2.45, 2.75) is 57.5 Å². The maximum absolute atomic E-state index is 11.0. The Morgan fingerprint density at radius 1 is 1.25 bits per heavy atom. The average Bonchev–Trinajstić information content (AvgIpc) is 2.86. The van der Waals surface area contributed by atoms with Crippen molar-refractivity contribution in [3.05, 3.63) is 29.3 Å². The third kappa shape index (κ3) is 2.04. The summed E-state index contributed by atoms with van der Waals surface area (Å²) in [6, 6.07) is 6.58. The molecule has 6 atom stereocenters. The van der Waals surface area contributed by atoms with Gasteiger partial charge in [0.05, 0.1) is 19.3 Å². The molecule has 4 rings (SSSR count). The molecule has 0 saturated heterocycles. The monoisotopic (exact) mass is 330 g/mol. The maximum Gasteiger partial charge on any atom is 0.119 e. The van der Waals surface area contributed by atoms with Gasteiger partial charge in [0.25, 0.3) is 0 Å². The highest BCUT2D eigenvalue weighted by Gasteiger charge is 2.62. The van der Waals surface area contributed by atoms with Gasteiger partial charge in [0, 0.05) is 5.41 Å². The Kier molecular flexibility index (Phi) is 3.74. The Hall–Kier alpha value is -1.06. The fourth-order valence-corrected chi connectivity index (χ4v) is 6.45. The van der Waals surface area contributed by atoms with Crippen LogP contribution in [0, 0.1) is 23.2 Å². The van der Waals surface area contributed by atoms with Gasteiger partial charge in [-0.3, -0.25) is 0 Å². The van der Waals surface area contributed by atoms with Crippen LogP contribution < -0.4 is 4.74 Å². The Balaban J connectivity index is 1.73. The van der Waals surface area contributed by atoms with Crippen molar-refractivity contribution in [2.75, 3.05) is 13.7 Å². The van der Waals surface area contributed by atoms with E-state index in [4.69, 9.17) is 4.74 Å². The molecule has 0 radical (unpaired) electrons. The molecule has 0 aromatic heterocycles. The molecular weight excluding hydrogens is 300 g/mol. The molecule has 0 unspecified atom stereocenters. The lowest BCUT2D eigenvalue weighted by Crippen LogP contribution is -2.53. The zero-order valence-corrected chi connectivity index (χ0v) is 15.1. The van der Waals surface area contributed by atoms with Crippen molar-refractivity contribution in [1.82, 2.24) is 0 Å². The second-order valence-electron chi connectivity index (χ2n) is 8.72. The number of rotatable bonds is 2. The minimum absolute atomic E-state index is 0.0977. The lowest BCUT2D eigenvalue weighted by Gasteiger charge is -2.54. The van der Waals surface area contributed by atoms with Gasteiger partial charge in [0.15, 0.2) is 0 Å². The van der Waals surface area contributed by atoms with Crippen LogP contribution in [0.4, 0.5) is 0 Å². The zero-order chi connectivity index (χ0) is 17.1. The summed E-state index contributed by atoms with van der Waals surface area (Å²) < 4.78 is 5.42. The lowest BCUT2D eigenvalue weighted by molar-refractivity contribution is -0.132. The first-order chi connectivity index (χ1) is 11.4. The smallest absolute Gasteiger partial charge is 0.119 e. The molecule has 2 fully saturated rings. The molecule has 0 spiro atoms. The van der Waals surface area contributed by atoms with Gasteiger partial charge in [-0.15, -0.1) is 0 Å². The summed E-state index contributed by atoms with van der Waals surface area (Å²) in [6.45, 7) is 4.51. The number of methoxy groups -OCH3 is 1. The Morgan fingerprint density at radius 2 is 2.04 bits per heavy atom. The van der Waals surface area contributed by atoms with E-state index in [1.165, 1.54) is 11.1 Å². The van der Waals surface area contributed by atoms with E-state index in [0.29, 0.717) is 23.7 Å². The standard InChI is InChI=1S/C21H30O3/c1-13-10-14-11-15(24-3)4-5-16(14)17-6-8-20(2)18(19(13)17)7-9-21(20,23)12-22/h4-5,11,13,17-19,22-23H,6-10,12H2,1-3H3/t13-,17-,18-,19-,20+,21+/m1/s1. The molecule has 3 heteroatoms. The predicted molar refractivity (Wildman–Crippen MR) is 94.2 cm³/mol. The molecule has 3 aliphatic carbocycles. The first-order valence-corrected chi connectivity index (χ1v) is 9.43. The number of hydrogen-bond donors (Lipinski definition) is 2. The van der Waals surface area contributed by atoms with E-state index in [1.54, 1.807) is 7.11 Å². The minimum atomic E-state index is -0.886. The van der Waals surface area contributed by atoms with E-state index in [1.807, 2.05) is 0 Å².